The quantitative estimate of drug-likeness (QED) is 0.662. The summed E-state index contributed by atoms with van der Waals surface area (Å²) in [7, 11) is 0. The van der Waals surface area contributed by atoms with Crippen LogP contribution in [0.1, 0.15) is 32.3 Å². The molecule has 0 unspecified atom stereocenters. The lowest BCUT2D eigenvalue weighted by molar-refractivity contribution is 0.446. The third-order valence-corrected chi connectivity index (χ3v) is 3.59. The van der Waals surface area contributed by atoms with Crippen molar-refractivity contribution in [2.24, 2.45) is 5.92 Å². The van der Waals surface area contributed by atoms with Crippen LogP contribution in [0, 0.1) is 16.7 Å². The number of nitrogens with one attached hydrogen (secondary N) is 2. The summed E-state index contributed by atoms with van der Waals surface area (Å²) in [6.07, 6.45) is 5.44. The van der Waals surface area contributed by atoms with Crippen LogP contribution in [0.15, 0.2) is 22.9 Å². The maximum absolute atomic E-state index is 8.04. The van der Waals surface area contributed by atoms with Crippen molar-refractivity contribution in [3.63, 3.8) is 0 Å². The van der Waals surface area contributed by atoms with Crippen LogP contribution < -0.4 is 0 Å². The van der Waals surface area contributed by atoms with Gasteiger partial charge < -0.3 is 4.74 Å². The molecule has 96 valence electrons. The Bertz CT molecular complexity index is 495. The molecule has 0 aromatic carbocycles. The lowest BCUT2D eigenvalue weighted by Gasteiger charge is -2.25. The monoisotopic (exact) mass is 309 g/mol. The maximum atomic E-state index is 8.04. The smallest absolute Gasteiger partial charge is 0.199 e. The Hall–Kier alpha value is -1.23. The first kappa shape index (κ1) is 13.2. The molecule has 2 rings (SSSR count). The minimum absolute atomic E-state index is 0.0966. The van der Waals surface area contributed by atoms with E-state index < -0.39 is 5.41 Å². The van der Waals surface area contributed by atoms with Crippen LogP contribution in [0.25, 0.3) is 0 Å². The van der Waals surface area contributed by atoms with Gasteiger partial charge in [-0.3, -0.25) is 15.8 Å². The summed E-state index contributed by atoms with van der Waals surface area (Å²) >= 11 is 3.37. The fourth-order valence-corrected chi connectivity index (χ4v) is 1.92. The highest BCUT2D eigenvalue weighted by Gasteiger charge is 2.34. The Morgan fingerprint density at radius 1 is 1.39 bits per heavy atom. The highest BCUT2D eigenvalue weighted by molar-refractivity contribution is 9.10. The van der Waals surface area contributed by atoms with Gasteiger partial charge in [-0.25, -0.2) is 0 Å². The number of hydrogen-bond acceptors (Lipinski definition) is 4. The highest BCUT2D eigenvalue weighted by Crippen LogP contribution is 2.32. The van der Waals surface area contributed by atoms with E-state index in [0.717, 1.165) is 22.9 Å². The number of hydrogen-bond donors (Lipinski definition) is 2. The Labute approximate surface area is 115 Å². The van der Waals surface area contributed by atoms with E-state index in [1.54, 1.807) is 12.4 Å². The lowest BCUT2D eigenvalue weighted by Crippen LogP contribution is -2.32. The van der Waals surface area contributed by atoms with E-state index in [0.29, 0.717) is 0 Å². The second-order valence-electron chi connectivity index (χ2n) is 5.09. The number of halogens is 1. The first-order valence-electron chi connectivity index (χ1n) is 5.87. The molecule has 0 atom stereocenters. The fourth-order valence-electron chi connectivity index (χ4n) is 1.55. The predicted octanol–water partition coefficient (Wildman–Crippen LogP) is 3.50. The van der Waals surface area contributed by atoms with Crippen molar-refractivity contribution in [3.8, 4) is 0 Å². The topological polar surface area (TPSA) is 69.8 Å². The third-order valence-electron chi connectivity index (χ3n) is 3.15. The molecule has 1 aliphatic carbocycles. The van der Waals surface area contributed by atoms with Crippen molar-refractivity contribution >= 4 is 27.7 Å². The molecule has 0 bridgehead atoms. The second kappa shape index (κ2) is 4.80. The number of aromatic nitrogens is 1. The molecule has 1 aliphatic rings. The van der Waals surface area contributed by atoms with Crippen LogP contribution in [0.4, 0.5) is 0 Å². The van der Waals surface area contributed by atoms with Crippen LogP contribution in [0.2, 0.25) is 0 Å². The van der Waals surface area contributed by atoms with Crippen molar-refractivity contribution in [1.29, 1.82) is 10.8 Å². The van der Waals surface area contributed by atoms with Crippen LogP contribution in [-0.4, -0.2) is 16.8 Å². The normalized spacial score (nSPS) is 15.3. The largest absolute Gasteiger partial charge is 0.429 e. The predicted molar refractivity (Wildman–Crippen MR) is 74.2 cm³/mol. The van der Waals surface area contributed by atoms with E-state index in [-0.39, 0.29) is 17.7 Å². The average Bonchev–Trinajstić information content (AvgIpc) is 3.12. The van der Waals surface area contributed by atoms with Crippen molar-refractivity contribution in [2.45, 2.75) is 32.1 Å². The van der Waals surface area contributed by atoms with Gasteiger partial charge in [-0.15, -0.1) is 0 Å². The van der Waals surface area contributed by atoms with Crippen LogP contribution in [0.3, 0.4) is 0 Å². The highest BCUT2D eigenvalue weighted by atomic mass is 79.9. The molecule has 1 fully saturated rings. The van der Waals surface area contributed by atoms with E-state index in [4.69, 9.17) is 15.6 Å². The lowest BCUT2D eigenvalue weighted by atomic mass is 9.85. The number of rotatable bonds is 3. The van der Waals surface area contributed by atoms with Gasteiger partial charge in [0.1, 0.15) is 0 Å². The van der Waals surface area contributed by atoms with Crippen molar-refractivity contribution in [3.05, 3.63) is 28.5 Å². The molecule has 18 heavy (non-hydrogen) atoms. The first-order valence-corrected chi connectivity index (χ1v) is 6.67. The number of nitrogens with zero attached hydrogens (tertiary/aromatic N) is 1. The van der Waals surface area contributed by atoms with Gasteiger partial charge in [0.25, 0.3) is 0 Å². The molecule has 4 nitrogen and oxygen atoms in total. The fraction of sp³-hybridized carbons (Fsp3) is 0.462. The van der Waals surface area contributed by atoms with Gasteiger partial charge in [-0.1, -0.05) is 0 Å². The summed E-state index contributed by atoms with van der Waals surface area (Å²) in [5.74, 6) is 0.539. The Balaban J connectivity index is 2.13. The molecule has 0 spiro atoms. The number of ether oxygens (including phenoxy) is 1. The molecule has 5 heteroatoms. The summed E-state index contributed by atoms with van der Waals surface area (Å²) in [4.78, 5) is 4.11. The standard InChI is InChI=1S/C13H16BrN3O/c1-13(2,9-5-10(14)7-17-6-9)12(16)18-11(15)8-3-4-8/h5-8,15-16H,3-4H2,1-2H3. The summed E-state index contributed by atoms with van der Waals surface area (Å²) in [5, 5.41) is 15.8. The van der Waals surface area contributed by atoms with Crippen molar-refractivity contribution in [1.82, 2.24) is 4.98 Å². The third kappa shape index (κ3) is 2.77. The van der Waals surface area contributed by atoms with Crippen molar-refractivity contribution < 1.29 is 4.74 Å². The number of pyridine rings is 1. The molecule has 0 aliphatic heterocycles. The summed E-state index contributed by atoms with van der Waals surface area (Å²) in [6.45, 7) is 3.80. The Kier molecular flexibility index (Phi) is 3.52. The van der Waals surface area contributed by atoms with E-state index in [1.807, 2.05) is 19.9 Å². The minimum Gasteiger partial charge on any atom is -0.429 e. The van der Waals surface area contributed by atoms with E-state index in [9.17, 15) is 0 Å². The zero-order valence-electron chi connectivity index (χ0n) is 10.5. The molecule has 1 heterocycles. The SMILES string of the molecule is CC(C)(C(=N)OC(=N)C1CC1)c1cncc(Br)c1. The zero-order chi connectivity index (χ0) is 13.3. The molecule has 1 aromatic heterocycles. The van der Waals surface area contributed by atoms with E-state index in [1.165, 1.54) is 0 Å². The molecular weight excluding hydrogens is 294 g/mol. The van der Waals surface area contributed by atoms with Gasteiger partial charge in [-0.05, 0) is 54.2 Å². The minimum atomic E-state index is -0.585. The van der Waals surface area contributed by atoms with Crippen molar-refractivity contribution in [2.75, 3.05) is 0 Å². The molecule has 2 N–H and O–H groups in total. The van der Waals surface area contributed by atoms with Gasteiger partial charge >= 0.3 is 0 Å². The van der Waals surface area contributed by atoms with Gasteiger partial charge in [0.2, 0.25) is 0 Å². The van der Waals surface area contributed by atoms with Gasteiger partial charge in [-0.2, -0.15) is 0 Å². The van der Waals surface area contributed by atoms with Crippen LogP contribution in [0.5, 0.6) is 0 Å². The Morgan fingerprint density at radius 3 is 2.61 bits per heavy atom. The Morgan fingerprint density at radius 2 is 2.06 bits per heavy atom. The molecular formula is C13H16BrN3O. The molecule has 1 aromatic rings. The van der Waals surface area contributed by atoms with Crippen LogP contribution in [-0.2, 0) is 10.2 Å². The summed E-state index contributed by atoms with van der Waals surface area (Å²) < 4.78 is 6.23. The maximum Gasteiger partial charge on any atom is 0.199 e. The average molecular weight is 310 g/mol. The molecule has 0 radical (unpaired) electrons. The van der Waals surface area contributed by atoms with Crippen LogP contribution >= 0.6 is 15.9 Å². The van der Waals surface area contributed by atoms with Gasteiger partial charge in [0.05, 0.1) is 5.41 Å². The van der Waals surface area contributed by atoms with Gasteiger partial charge in [0.15, 0.2) is 11.8 Å². The molecule has 0 amide bonds. The van der Waals surface area contributed by atoms with E-state index >= 15 is 0 Å². The summed E-state index contributed by atoms with van der Waals surface area (Å²) in [6, 6.07) is 1.92. The second-order valence-corrected chi connectivity index (χ2v) is 6.00. The molecule has 1 saturated carbocycles. The molecule has 0 saturated heterocycles. The first-order chi connectivity index (χ1) is 8.41. The van der Waals surface area contributed by atoms with Gasteiger partial charge in [0, 0.05) is 22.8 Å². The van der Waals surface area contributed by atoms with E-state index in [2.05, 4.69) is 20.9 Å². The zero-order valence-corrected chi connectivity index (χ0v) is 12.0. The summed E-state index contributed by atoms with van der Waals surface area (Å²) in [5.41, 5.74) is 0.309.